The van der Waals surface area contributed by atoms with Crippen LogP contribution in [0.25, 0.3) is 10.9 Å². The molecular weight excluding hydrogens is 221 g/mol. The normalized spacial score (nSPS) is 10.4. The van der Waals surface area contributed by atoms with Crippen LogP contribution in [0.4, 0.5) is 0 Å². The average Bonchev–Trinajstić information content (AvgIpc) is 2.16. The van der Waals surface area contributed by atoms with Gasteiger partial charge in [0, 0.05) is 10.4 Å². The van der Waals surface area contributed by atoms with Gasteiger partial charge in [-0.25, -0.2) is 4.98 Å². The molecule has 0 radical (unpaired) electrons. The van der Waals surface area contributed by atoms with Crippen molar-refractivity contribution in [1.82, 2.24) is 4.98 Å². The molecule has 0 fully saturated rings. The lowest BCUT2D eigenvalue weighted by molar-refractivity contribution is 0.111. The fourth-order valence-electron chi connectivity index (χ4n) is 1.24. The third-order valence-electron chi connectivity index (χ3n) is 1.86. The van der Waals surface area contributed by atoms with Gasteiger partial charge in [0.1, 0.15) is 5.69 Å². The molecule has 0 bridgehead atoms. The van der Waals surface area contributed by atoms with Crippen molar-refractivity contribution in [1.29, 1.82) is 0 Å². The van der Waals surface area contributed by atoms with Crippen molar-refractivity contribution < 1.29 is 4.79 Å². The van der Waals surface area contributed by atoms with Crippen molar-refractivity contribution >= 4 is 40.4 Å². The molecule has 0 aliphatic rings. The number of carbonyl (C=O) groups is 1. The molecule has 2 nitrogen and oxygen atoms in total. The molecule has 0 saturated heterocycles. The van der Waals surface area contributed by atoms with Crippen LogP contribution in [0.1, 0.15) is 10.5 Å². The standard InChI is InChI=1S/C10H5Cl2NO/c11-6-3-9(12)8-2-1-7(5-14)13-10(8)4-6/h1-5H. The topological polar surface area (TPSA) is 30.0 Å². The van der Waals surface area contributed by atoms with Crippen LogP contribution in [-0.2, 0) is 0 Å². The molecule has 0 atom stereocenters. The lowest BCUT2D eigenvalue weighted by atomic mass is 10.2. The summed E-state index contributed by atoms with van der Waals surface area (Å²) in [4.78, 5) is 14.6. The highest BCUT2D eigenvalue weighted by Gasteiger charge is 2.03. The van der Waals surface area contributed by atoms with Crippen LogP contribution in [0.2, 0.25) is 10.0 Å². The van der Waals surface area contributed by atoms with E-state index in [0.29, 0.717) is 27.5 Å². The quantitative estimate of drug-likeness (QED) is 0.698. The molecular formula is C10H5Cl2NO. The van der Waals surface area contributed by atoms with Gasteiger partial charge in [0.15, 0.2) is 6.29 Å². The number of hydrogen-bond acceptors (Lipinski definition) is 2. The predicted molar refractivity (Wildman–Crippen MR) is 57.2 cm³/mol. The molecule has 2 aromatic rings. The minimum atomic E-state index is 0.371. The molecule has 2 rings (SSSR count). The van der Waals surface area contributed by atoms with E-state index >= 15 is 0 Å². The fourth-order valence-corrected chi connectivity index (χ4v) is 1.79. The molecule has 14 heavy (non-hydrogen) atoms. The van der Waals surface area contributed by atoms with Crippen molar-refractivity contribution in [2.24, 2.45) is 0 Å². The zero-order chi connectivity index (χ0) is 10.1. The summed E-state index contributed by atoms with van der Waals surface area (Å²) in [7, 11) is 0. The van der Waals surface area contributed by atoms with Crippen LogP contribution in [0.3, 0.4) is 0 Å². The zero-order valence-electron chi connectivity index (χ0n) is 7.00. The second-order valence-corrected chi connectivity index (χ2v) is 3.65. The Balaban J connectivity index is 2.81. The Morgan fingerprint density at radius 1 is 1.21 bits per heavy atom. The summed E-state index contributed by atoms with van der Waals surface area (Å²) in [5.74, 6) is 0. The van der Waals surface area contributed by atoms with E-state index in [1.807, 2.05) is 0 Å². The highest BCUT2D eigenvalue weighted by Crippen LogP contribution is 2.26. The van der Waals surface area contributed by atoms with Gasteiger partial charge in [-0.3, -0.25) is 4.79 Å². The molecule has 0 amide bonds. The maximum absolute atomic E-state index is 10.5. The van der Waals surface area contributed by atoms with Crippen LogP contribution in [0.5, 0.6) is 0 Å². The van der Waals surface area contributed by atoms with E-state index < -0.39 is 0 Å². The summed E-state index contributed by atoms with van der Waals surface area (Å²) >= 11 is 11.8. The monoisotopic (exact) mass is 225 g/mol. The molecule has 0 saturated carbocycles. The van der Waals surface area contributed by atoms with Crippen molar-refractivity contribution in [2.75, 3.05) is 0 Å². The maximum atomic E-state index is 10.5. The van der Waals surface area contributed by atoms with Crippen molar-refractivity contribution in [2.45, 2.75) is 0 Å². The van der Waals surface area contributed by atoms with E-state index in [2.05, 4.69) is 4.98 Å². The van der Waals surface area contributed by atoms with Gasteiger partial charge in [-0.2, -0.15) is 0 Å². The van der Waals surface area contributed by atoms with Gasteiger partial charge in [0.05, 0.1) is 10.5 Å². The van der Waals surface area contributed by atoms with Gasteiger partial charge < -0.3 is 0 Å². The van der Waals surface area contributed by atoms with Gasteiger partial charge in [0.2, 0.25) is 0 Å². The molecule has 4 heteroatoms. The highest BCUT2D eigenvalue weighted by molar-refractivity contribution is 6.38. The van der Waals surface area contributed by atoms with Crippen molar-refractivity contribution in [3.8, 4) is 0 Å². The van der Waals surface area contributed by atoms with Crippen molar-refractivity contribution in [3.63, 3.8) is 0 Å². The van der Waals surface area contributed by atoms with Crippen molar-refractivity contribution in [3.05, 3.63) is 40.0 Å². The van der Waals surface area contributed by atoms with Crippen LogP contribution >= 0.6 is 23.2 Å². The number of halogens is 2. The number of carbonyl (C=O) groups excluding carboxylic acids is 1. The first-order valence-corrected chi connectivity index (χ1v) is 4.67. The first-order chi connectivity index (χ1) is 6.70. The number of benzene rings is 1. The Kier molecular flexibility index (Phi) is 2.40. The smallest absolute Gasteiger partial charge is 0.168 e. The third-order valence-corrected chi connectivity index (χ3v) is 2.39. The SMILES string of the molecule is O=Cc1ccc2c(Cl)cc(Cl)cc2n1. The summed E-state index contributed by atoms with van der Waals surface area (Å²) < 4.78 is 0. The number of rotatable bonds is 1. The summed E-state index contributed by atoms with van der Waals surface area (Å²) in [6, 6.07) is 6.70. The number of aldehydes is 1. The Labute approximate surface area is 90.5 Å². The van der Waals surface area contributed by atoms with E-state index in [-0.39, 0.29) is 0 Å². The minimum absolute atomic E-state index is 0.371. The molecule has 1 heterocycles. The molecule has 1 aromatic carbocycles. The Hall–Kier alpha value is -1.12. The summed E-state index contributed by atoms with van der Waals surface area (Å²) in [5, 5.41) is 1.84. The first-order valence-electron chi connectivity index (χ1n) is 3.91. The van der Waals surface area contributed by atoms with Crippen LogP contribution in [0, 0.1) is 0 Å². The third kappa shape index (κ3) is 1.59. The fraction of sp³-hybridized carbons (Fsp3) is 0. The summed E-state index contributed by atoms with van der Waals surface area (Å²) in [5.41, 5.74) is 1.00. The lowest BCUT2D eigenvalue weighted by Gasteiger charge is -2.01. The second-order valence-electron chi connectivity index (χ2n) is 2.81. The van der Waals surface area contributed by atoms with E-state index in [1.54, 1.807) is 24.3 Å². The lowest BCUT2D eigenvalue weighted by Crippen LogP contribution is -1.87. The Morgan fingerprint density at radius 2 is 2.00 bits per heavy atom. The van der Waals surface area contributed by atoms with Crippen LogP contribution in [-0.4, -0.2) is 11.3 Å². The van der Waals surface area contributed by atoms with E-state index in [4.69, 9.17) is 23.2 Å². The Morgan fingerprint density at radius 3 is 2.71 bits per heavy atom. The second kappa shape index (κ2) is 3.56. The number of nitrogens with zero attached hydrogens (tertiary/aromatic N) is 1. The maximum Gasteiger partial charge on any atom is 0.168 e. The average molecular weight is 226 g/mol. The summed E-state index contributed by atoms with van der Waals surface area (Å²) in [6.07, 6.45) is 0.689. The molecule has 0 N–H and O–H groups in total. The van der Waals surface area contributed by atoms with E-state index in [1.165, 1.54) is 0 Å². The molecule has 0 aliphatic carbocycles. The van der Waals surface area contributed by atoms with Gasteiger partial charge in [-0.15, -0.1) is 0 Å². The van der Waals surface area contributed by atoms with Gasteiger partial charge in [-0.05, 0) is 24.3 Å². The summed E-state index contributed by atoms with van der Waals surface area (Å²) in [6.45, 7) is 0. The predicted octanol–water partition coefficient (Wildman–Crippen LogP) is 3.35. The molecule has 0 aliphatic heterocycles. The molecule has 1 aromatic heterocycles. The van der Waals surface area contributed by atoms with Gasteiger partial charge in [0.25, 0.3) is 0 Å². The zero-order valence-corrected chi connectivity index (χ0v) is 8.51. The van der Waals surface area contributed by atoms with Gasteiger partial charge in [-0.1, -0.05) is 23.2 Å². The molecule has 70 valence electrons. The van der Waals surface area contributed by atoms with E-state index in [9.17, 15) is 4.79 Å². The van der Waals surface area contributed by atoms with Crippen LogP contribution < -0.4 is 0 Å². The number of pyridine rings is 1. The first kappa shape index (κ1) is 9.44. The van der Waals surface area contributed by atoms with Gasteiger partial charge >= 0.3 is 0 Å². The molecule has 0 spiro atoms. The molecule has 0 unspecified atom stereocenters. The number of aromatic nitrogens is 1. The minimum Gasteiger partial charge on any atom is -0.296 e. The highest BCUT2D eigenvalue weighted by atomic mass is 35.5. The Bertz CT molecular complexity index is 511. The van der Waals surface area contributed by atoms with Crippen LogP contribution in [0.15, 0.2) is 24.3 Å². The van der Waals surface area contributed by atoms with E-state index in [0.717, 1.165) is 5.39 Å². The largest absolute Gasteiger partial charge is 0.296 e. The number of hydrogen-bond donors (Lipinski definition) is 0. The number of fused-ring (bicyclic) bond motifs is 1.